The SMILES string of the molecule is COc1ccc2nccc([C@@H](O)CN3CCC(NCc4cc5ccccc5[nH]c4=O)CC3)c2c1.Cl. The number of aliphatic hydroxyl groups excluding tert-OH is 1. The zero-order chi connectivity index (χ0) is 23.5. The summed E-state index contributed by atoms with van der Waals surface area (Å²) in [6.45, 7) is 2.93. The van der Waals surface area contributed by atoms with Crippen molar-refractivity contribution < 1.29 is 9.84 Å². The van der Waals surface area contributed by atoms with Crippen LogP contribution in [0.25, 0.3) is 21.8 Å². The van der Waals surface area contributed by atoms with Gasteiger partial charge < -0.3 is 25.0 Å². The monoisotopic (exact) mass is 494 g/mol. The van der Waals surface area contributed by atoms with Gasteiger partial charge in [-0.2, -0.15) is 0 Å². The number of fused-ring (bicyclic) bond motifs is 2. The summed E-state index contributed by atoms with van der Waals surface area (Å²) in [5.74, 6) is 0.756. The number of benzene rings is 2. The highest BCUT2D eigenvalue weighted by molar-refractivity contribution is 5.85. The van der Waals surface area contributed by atoms with E-state index < -0.39 is 6.10 Å². The molecule has 0 aliphatic carbocycles. The largest absolute Gasteiger partial charge is 0.497 e. The van der Waals surface area contributed by atoms with E-state index in [4.69, 9.17) is 4.74 Å². The van der Waals surface area contributed by atoms with Crippen LogP contribution in [-0.2, 0) is 6.54 Å². The fourth-order valence-corrected chi connectivity index (χ4v) is 4.80. The maximum Gasteiger partial charge on any atom is 0.252 e. The molecule has 3 N–H and O–H groups in total. The molecule has 3 heterocycles. The number of pyridine rings is 2. The molecule has 8 heteroatoms. The van der Waals surface area contributed by atoms with E-state index in [0.717, 1.165) is 64.6 Å². The van der Waals surface area contributed by atoms with Gasteiger partial charge in [-0.05, 0) is 73.3 Å². The van der Waals surface area contributed by atoms with Gasteiger partial charge in [-0.1, -0.05) is 18.2 Å². The summed E-state index contributed by atoms with van der Waals surface area (Å²) in [6.07, 6.45) is 3.10. The van der Waals surface area contributed by atoms with Gasteiger partial charge in [0.05, 0.1) is 18.7 Å². The quantitative estimate of drug-likeness (QED) is 0.362. The maximum atomic E-state index is 12.4. The molecule has 0 bridgehead atoms. The zero-order valence-electron chi connectivity index (χ0n) is 19.7. The van der Waals surface area contributed by atoms with Crippen molar-refractivity contribution in [2.45, 2.75) is 31.5 Å². The number of nitrogens with zero attached hydrogens (tertiary/aromatic N) is 2. The number of halogens is 1. The van der Waals surface area contributed by atoms with Crippen LogP contribution >= 0.6 is 12.4 Å². The van der Waals surface area contributed by atoms with Gasteiger partial charge in [-0.25, -0.2) is 0 Å². The molecular weight excluding hydrogens is 464 g/mol. The van der Waals surface area contributed by atoms with Gasteiger partial charge in [0, 0.05) is 41.8 Å². The lowest BCUT2D eigenvalue weighted by Crippen LogP contribution is -2.44. The number of aliphatic hydroxyl groups is 1. The van der Waals surface area contributed by atoms with Gasteiger partial charge in [-0.3, -0.25) is 9.78 Å². The van der Waals surface area contributed by atoms with E-state index in [1.54, 1.807) is 13.3 Å². The predicted octanol–water partition coefficient (Wildman–Crippen LogP) is 3.79. The maximum absolute atomic E-state index is 12.4. The van der Waals surface area contributed by atoms with Crippen molar-refractivity contribution in [2.75, 3.05) is 26.7 Å². The first kappa shape index (κ1) is 25.1. The summed E-state index contributed by atoms with van der Waals surface area (Å²) in [5, 5.41) is 16.5. The highest BCUT2D eigenvalue weighted by Crippen LogP contribution is 2.27. The number of para-hydroxylation sites is 1. The average Bonchev–Trinajstić information content (AvgIpc) is 2.87. The Labute approximate surface area is 210 Å². The molecule has 5 rings (SSSR count). The smallest absolute Gasteiger partial charge is 0.252 e. The minimum absolute atomic E-state index is 0. The Balaban J connectivity index is 0.00000289. The third-order valence-electron chi connectivity index (χ3n) is 6.77. The Morgan fingerprint density at radius 1 is 1.17 bits per heavy atom. The van der Waals surface area contributed by atoms with Crippen molar-refractivity contribution >= 4 is 34.2 Å². The van der Waals surface area contributed by atoms with Crippen LogP contribution in [0.5, 0.6) is 5.75 Å². The van der Waals surface area contributed by atoms with E-state index in [1.807, 2.05) is 54.6 Å². The Morgan fingerprint density at radius 2 is 1.97 bits per heavy atom. The molecule has 1 aliphatic rings. The number of piperidine rings is 1. The van der Waals surface area contributed by atoms with Crippen molar-refractivity contribution in [1.29, 1.82) is 0 Å². The standard InChI is InChI=1S/C27H30N4O3.ClH/c1-34-21-6-7-25-23(15-21)22(8-11-28-25)26(32)17-31-12-9-20(10-13-31)29-16-19-14-18-4-2-3-5-24(18)30-27(19)33;/h2-8,11,14-15,20,26,29,32H,9-10,12-13,16-17H2,1H3,(H,30,33);1H/t26-;/m0./s1. The van der Waals surface area contributed by atoms with E-state index in [2.05, 4.69) is 20.2 Å². The number of methoxy groups -OCH3 is 1. The predicted molar refractivity (Wildman–Crippen MR) is 141 cm³/mol. The second kappa shape index (κ2) is 11.2. The van der Waals surface area contributed by atoms with Crippen LogP contribution in [0.15, 0.2) is 65.6 Å². The summed E-state index contributed by atoms with van der Waals surface area (Å²) in [6, 6.07) is 17.8. The molecular formula is C27H31ClN4O3. The van der Waals surface area contributed by atoms with Gasteiger partial charge in [-0.15, -0.1) is 12.4 Å². The van der Waals surface area contributed by atoms with E-state index in [9.17, 15) is 9.90 Å². The van der Waals surface area contributed by atoms with Gasteiger partial charge in [0.1, 0.15) is 5.75 Å². The summed E-state index contributed by atoms with van der Waals surface area (Å²) in [5.41, 5.74) is 3.32. The molecule has 2 aromatic carbocycles. The number of aromatic amines is 1. The first-order valence-corrected chi connectivity index (χ1v) is 11.8. The first-order chi connectivity index (χ1) is 16.6. The topological polar surface area (TPSA) is 90.5 Å². The van der Waals surface area contributed by atoms with Gasteiger partial charge in [0.25, 0.3) is 5.56 Å². The highest BCUT2D eigenvalue weighted by Gasteiger charge is 2.22. The van der Waals surface area contributed by atoms with Crippen molar-refractivity contribution in [1.82, 2.24) is 20.2 Å². The summed E-state index contributed by atoms with van der Waals surface area (Å²) < 4.78 is 5.35. The summed E-state index contributed by atoms with van der Waals surface area (Å²) >= 11 is 0. The van der Waals surface area contributed by atoms with Crippen LogP contribution in [0.2, 0.25) is 0 Å². The number of β-amino-alcohol motifs (C(OH)–C–C–N with tert-alkyl or cyclic N) is 1. The number of likely N-dealkylation sites (tertiary alicyclic amines) is 1. The van der Waals surface area contributed by atoms with Crippen molar-refractivity contribution in [3.63, 3.8) is 0 Å². The van der Waals surface area contributed by atoms with Crippen molar-refractivity contribution in [2.24, 2.45) is 0 Å². The molecule has 0 unspecified atom stereocenters. The van der Waals surface area contributed by atoms with Crippen LogP contribution in [0.4, 0.5) is 0 Å². The zero-order valence-corrected chi connectivity index (χ0v) is 20.6. The molecule has 35 heavy (non-hydrogen) atoms. The third-order valence-corrected chi connectivity index (χ3v) is 6.77. The Bertz CT molecular complexity index is 1350. The molecule has 0 radical (unpaired) electrons. The van der Waals surface area contributed by atoms with Gasteiger partial charge in [0.2, 0.25) is 0 Å². The lowest BCUT2D eigenvalue weighted by atomic mass is 10.0. The number of H-pyrrole nitrogens is 1. The third kappa shape index (κ3) is 5.65. The Morgan fingerprint density at radius 3 is 2.77 bits per heavy atom. The molecule has 184 valence electrons. The molecule has 2 aromatic heterocycles. The second-order valence-electron chi connectivity index (χ2n) is 8.97. The average molecular weight is 495 g/mol. The number of nitrogens with one attached hydrogen (secondary N) is 2. The number of hydrogen-bond donors (Lipinski definition) is 3. The lowest BCUT2D eigenvalue weighted by molar-refractivity contribution is 0.0949. The molecule has 1 fully saturated rings. The summed E-state index contributed by atoms with van der Waals surface area (Å²) in [7, 11) is 1.64. The number of aromatic nitrogens is 2. The molecule has 1 atom stereocenters. The molecule has 0 saturated carbocycles. The van der Waals surface area contributed by atoms with Crippen molar-refractivity contribution in [3.05, 3.63) is 82.3 Å². The van der Waals surface area contributed by atoms with Crippen molar-refractivity contribution in [3.8, 4) is 5.75 Å². The van der Waals surface area contributed by atoms with E-state index >= 15 is 0 Å². The first-order valence-electron chi connectivity index (χ1n) is 11.8. The van der Waals surface area contributed by atoms with Gasteiger partial charge >= 0.3 is 0 Å². The van der Waals surface area contributed by atoms with Gasteiger partial charge in [0.15, 0.2) is 0 Å². The van der Waals surface area contributed by atoms with Crippen LogP contribution in [0, 0.1) is 0 Å². The fraction of sp³-hybridized carbons (Fsp3) is 0.333. The van der Waals surface area contributed by atoms with Crippen LogP contribution in [-0.4, -0.2) is 52.8 Å². The molecule has 1 aliphatic heterocycles. The molecule has 1 saturated heterocycles. The minimum atomic E-state index is -0.599. The molecule has 0 spiro atoms. The lowest BCUT2D eigenvalue weighted by Gasteiger charge is -2.33. The van der Waals surface area contributed by atoms with Crippen LogP contribution < -0.4 is 15.6 Å². The van der Waals surface area contributed by atoms with E-state index in [0.29, 0.717) is 19.1 Å². The Kier molecular flexibility index (Phi) is 8.03. The molecule has 7 nitrogen and oxygen atoms in total. The fourth-order valence-electron chi connectivity index (χ4n) is 4.80. The minimum Gasteiger partial charge on any atom is -0.497 e. The van der Waals surface area contributed by atoms with Crippen LogP contribution in [0.1, 0.15) is 30.1 Å². The number of hydrogen-bond acceptors (Lipinski definition) is 6. The van der Waals surface area contributed by atoms with E-state index in [-0.39, 0.29) is 18.0 Å². The normalized spacial score (nSPS) is 15.7. The second-order valence-corrected chi connectivity index (χ2v) is 8.97. The highest BCUT2D eigenvalue weighted by atomic mass is 35.5. The van der Waals surface area contributed by atoms with Crippen LogP contribution in [0.3, 0.4) is 0 Å². The van der Waals surface area contributed by atoms with E-state index in [1.165, 1.54) is 0 Å². The molecule has 4 aromatic rings. The Hall–Kier alpha value is -2.97. The molecule has 0 amide bonds. The number of ether oxygens (including phenoxy) is 1. The summed E-state index contributed by atoms with van der Waals surface area (Å²) in [4.78, 5) is 22.1. The number of rotatable bonds is 7.